The van der Waals surface area contributed by atoms with E-state index in [4.69, 9.17) is 13.8 Å². The maximum Gasteiger partial charge on any atom is 0.472 e. The van der Waals surface area contributed by atoms with Gasteiger partial charge in [-0.25, -0.2) is 4.57 Å². The van der Waals surface area contributed by atoms with Crippen LogP contribution in [-0.4, -0.2) is 54.3 Å². The normalized spacial score (nSPS) is 13.8. The lowest BCUT2D eigenvalue weighted by Gasteiger charge is -2.15. The van der Waals surface area contributed by atoms with Gasteiger partial charge in [0.15, 0.2) is 0 Å². The molecule has 0 aromatic heterocycles. The zero-order chi connectivity index (χ0) is 33.3. The number of phosphoric ester groups is 1. The van der Waals surface area contributed by atoms with E-state index in [1.807, 2.05) is 0 Å². The number of unbranched alkanes of at least 4 members (excludes halogenated alkanes) is 16. The van der Waals surface area contributed by atoms with Crippen molar-refractivity contribution in [2.75, 3.05) is 26.4 Å². The van der Waals surface area contributed by atoms with Crippen molar-refractivity contribution in [3.63, 3.8) is 0 Å². The molecule has 10 heteroatoms. The Morgan fingerprint density at radius 1 is 0.667 bits per heavy atom. The van der Waals surface area contributed by atoms with E-state index in [0.717, 1.165) is 70.6 Å². The molecule has 0 saturated heterocycles. The number of ether oxygens (including phenoxy) is 1. The predicted octanol–water partition coefficient (Wildman–Crippen LogP) is 8.87. The molecule has 0 rings (SSSR count). The van der Waals surface area contributed by atoms with Gasteiger partial charge >= 0.3 is 13.8 Å². The number of rotatable bonds is 33. The van der Waals surface area contributed by atoms with Gasteiger partial charge in [0.25, 0.3) is 0 Å². The molecule has 9 nitrogen and oxygen atoms in total. The average Bonchev–Trinajstić information content (AvgIpc) is 3.02. The third-order valence-corrected chi connectivity index (χ3v) is 8.34. The Morgan fingerprint density at radius 3 is 1.73 bits per heavy atom. The van der Waals surface area contributed by atoms with Crippen LogP contribution in [0.3, 0.4) is 0 Å². The number of allylic oxidation sites excluding steroid dienone is 4. The zero-order valence-corrected chi connectivity index (χ0v) is 29.5. The number of phosphoric acid groups is 1. The maximum atomic E-state index is 12.0. The topological polar surface area (TPSA) is 131 Å². The number of amides is 1. The van der Waals surface area contributed by atoms with Crippen LogP contribution in [0, 0.1) is 0 Å². The summed E-state index contributed by atoms with van der Waals surface area (Å²) in [5.41, 5.74) is 0. The van der Waals surface area contributed by atoms with E-state index in [0.29, 0.717) is 6.42 Å². The Hall–Kier alpha value is -1.51. The molecular formula is C35H66NO8P. The van der Waals surface area contributed by atoms with Crippen LogP contribution in [-0.2, 0) is 27.9 Å². The fourth-order valence-corrected chi connectivity index (χ4v) is 5.35. The second-order valence-corrected chi connectivity index (χ2v) is 13.3. The Labute approximate surface area is 274 Å². The van der Waals surface area contributed by atoms with Gasteiger partial charge in [0.05, 0.1) is 13.2 Å². The Morgan fingerprint density at radius 2 is 1.16 bits per heavy atom. The van der Waals surface area contributed by atoms with E-state index in [1.54, 1.807) is 0 Å². The van der Waals surface area contributed by atoms with Crippen LogP contribution in [0.4, 0.5) is 0 Å². The van der Waals surface area contributed by atoms with Crippen LogP contribution in [0.5, 0.6) is 0 Å². The highest BCUT2D eigenvalue weighted by Gasteiger charge is 2.23. The molecule has 2 unspecified atom stereocenters. The third kappa shape index (κ3) is 33.7. The van der Waals surface area contributed by atoms with E-state index in [1.165, 1.54) is 57.8 Å². The summed E-state index contributed by atoms with van der Waals surface area (Å²) in [6.45, 7) is 3.45. The highest BCUT2D eigenvalue weighted by molar-refractivity contribution is 7.47. The smallest absolute Gasteiger partial charge is 0.463 e. The number of aliphatic hydroxyl groups excluding tert-OH is 1. The van der Waals surface area contributed by atoms with E-state index in [-0.39, 0.29) is 32.1 Å². The number of carbonyl (C=O) groups is 2. The first-order valence-electron chi connectivity index (χ1n) is 17.8. The predicted molar refractivity (Wildman–Crippen MR) is 183 cm³/mol. The molecule has 0 saturated carbocycles. The molecule has 0 heterocycles. The van der Waals surface area contributed by atoms with Crippen molar-refractivity contribution in [3.8, 4) is 0 Å². The lowest BCUT2D eigenvalue weighted by molar-refractivity contribution is -0.147. The van der Waals surface area contributed by atoms with Gasteiger partial charge in [-0.3, -0.25) is 18.6 Å². The molecule has 0 fully saturated rings. The highest BCUT2D eigenvalue weighted by Crippen LogP contribution is 2.42. The lowest BCUT2D eigenvalue weighted by atomic mass is 10.1. The molecule has 2 atom stereocenters. The summed E-state index contributed by atoms with van der Waals surface area (Å²) in [5, 5.41) is 12.6. The van der Waals surface area contributed by atoms with Gasteiger partial charge in [0.1, 0.15) is 12.7 Å². The van der Waals surface area contributed by atoms with E-state index in [9.17, 15) is 24.2 Å². The summed E-state index contributed by atoms with van der Waals surface area (Å²) in [5.74, 6) is -0.538. The van der Waals surface area contributed by atoms with Gasteiger partial charge in [-0.1, -0.05) is 109 Å². The summed E-state index contributed by atoms with van der Waals surface area (Å²) in [6, 6.07) is 0. The first-order chi connectivity index (χ1) is 21.8. The number of aliphatic hydroxyl groups is 1. The number of hydrogen-bond acceptors (Lipinski definition) is 7. The van der Waals surface area contributed by atoms with Crippen LogP contribution in [0.15, 0.2) is 24.3 Å². The fourth-order valence-electron chi connectivity index (χ4n) is 4.59. The molecule has 0 aliphatic rings. The molecule has 45 heavy (non-hydrogen) atoms. The van der Waals surface area contributed by atoms with Gasteiger partial charge in [0, 0.05) is 19.4 Å². The second-order valence-electron chi connectivity index (χ2n) is 11.8. The molecule has 0 aromatic carbocycles. The number of hydrogen-bond donors (Lipinski definition) is 3. The summed E-state index contributed by atoms with van der Waals surface area (Å²) >= 11 is 0. The van der Waals surface area contributed by atoms with E-state index < -0.39 is 26.5 Å². The minimum atomic E-state index is -4.41. The SMILES string of the molecule is CCCC/C=C\CCCCCCCC(=O)NCCOP(=O)(O)OCC(O)COC(=O)CCCCCCC/C=C\CCCCCC. The standard InChI is InChI=1S/C35H66NO8P/c1-3-5-7-9-11-13-15-16-18-20-22-24-26-28-35(39)42-31-33(37)32-44-45(40,41)43-30-29-36-34(38)27-25-23-21-19-17-14-12-10-8-6-4-2/h10,12-13,15,33,37H,3-9,11,14,16-32H2,1-2H3,(H,36,38)(H,40,41)/b12-10-,15-13-. The number of nitrogens with one attached hydrogen (secondary N) is 1. The first kappa shape index (κ1) is 43.5. The molecule has 0 aliphatic carbocycles. The van der Waals surface area contributed by atoms with Crippen molar-refractivity contribution >= 4 is 19.7 Å². The van der Waals surface area contributed by atoms with Crippen LogP contribution in [0.1, 0.15) is 155 Å². The largest absolute Gasteiger partial charge is 0.472 e. The van der Waals surface area contributed by atoms with Crippen molar-refractivity contribution in [3.05, 3.63) is 24.3 Å². The molecule has 1 amide bonds. The van der Waals surface area contributed by atoms with E-state index >= 15 is 0 Å². The van der Waals surface area contributed by atoms with Gasteiger partial charge < -0.3 is 20.1 Å². The highest BCUT2D eigenvalue weighted by atomic mass is 31.2. The second kappa shape index (κ2) is 32.4. The van der Waals surface area contributed by atoms with Crippen LogP contribution in [0.25, 0.3) is 0 Å². The quantitative estimate of drug-likeness (QED) is 0.0276. The monoisotopic (exact) mass is 659 g/mol. The molecule has 3 N–H and O–H groups in total. The lowest BCUT2D eigenvalue weighted by Crippen LogP contribution is -2.27. The molecule has 264 valence electrons. The Bertz CT molecular complexity index is 805. The number of esters is 1. The van der Waals surface area contributed by atoms with Crippen molar-refractivity contribution in [1.29, 1.82) is 0 Å². The van der Waals surface area contributed by atoms with Crippen molar-refractivity contribution in [1.82, 2.24) is 5.32 Å². The first-order valence-corrected chi connectivity index (χ1v) is 19.3. The minimum absolute atomic E-state index is 0.0769. The molecule has 0 aromatic rings. The molecule has 0 radical (unpaired) electrons. The van der Waals surface area contributed by atoms with Gasteiger partial charge in [-0.2, -0.15) is 0 Å². The van der Waals surface area contributed by atoms with Gasteiger partial charge in [0.2, 0.25) is 5.91 Å². The average molecular weight is 660 g/mol. The Kier molecular flexibility index (Phi) is 31.3. The van der Waals surface area contributed by atoms with Crippen LogP contribution >= 0.6 is 7.82 Å². The minimum Gasteiger partial charge on any atom is -0.463 e. The molecular weight excluding hydrogens is 593 g/mol. The van der Waals surface area contributed by atoms with E-state index in [2.05, 4.69) is 43.5 Å². The maximum absolute atomic E-state index is 12.0. The van der Waals surface area contributed by atoms with Crippen molar-refractivity contribution in [2.45, 2.75) is 161 Å². The summed E-state index contributed by atoms with van der Waals surface area (Å²) < 4.78 is 26.7. The fraction of sp³-hybridized carbons (Fsp3) is 0.829. The summed E-state index contributed by atoms with van der Waals surface area (Å²) in [7, 11) is -4.41. The van der Waals surface area contributed by atoms with Crippen LogP contribution < -0.4 is 5.32 Å². The van der Waals surface area contributed by atoms with Crippen molar-refractivity contribution in [2.24, 2.45) is 0 Å². The molecule has 0 spiro atoms. The summed E-state index contributed by atoms with van der Waals surface area (Å²) in [6.07, 6.45) is 31.1. The van der Waals surface area contributed by atoms with Crippen molar-refractivity contribution < 1.29 is 37.9 Å². The van der Waals surface area contributed by atoms with Gasteiger partial charge in [-0.15, -0.1) is 0 Å². The van der Waals surface area contributed by atoms with Gasteiger partial charge in [-0.05, 0) is 57.8 Å². The Balaban J connectivity index is 3.66. The number of carbonyl (C=O) groups excluding carboxylic acids is 2. The zero-order valence-electron chi connectivity index (χ0n) is 28.6. The van der Waals surface area contributed by atoms with Crippen LogP contribution in [0.2, 0.25) is 0 Å². The molecule has 0 bridgehead atoms. The summed E-state index contributed by atoms with van der Waals surface area (Å²) in [4.78, 5) is 33.6. The third-order valence-electron chi connectivity index (χ3n) is 7.35. The molecule has 0 aliphatic heterocycles.